The molecule has 0 saturated carbocycles. The number of carbonyl (C=O) groups is 2. The molecule has 1 saturated heterocycles. The first-order valence-corrected chi connectivity index (χ1v) is 7.10. The number of carbonyl (C=O) groups excluding carboxylic acids is 2. The summed E-state index contributed by atoms with van der Waals surface area (Å²) in [4.78, 5) is 25.1. The Morgan fingerprint density at radius 3 is 2.32 bits per heavy atom. The van der Waals surface area contributed by atoms with Crippen LogP contribution < -0.4 is 5.32 Å². The van der Waals surface area contributed by atoms with Crippen molar-refractivity contribution < 1.29 is 14.7 Å². The Balaban J connectivity index is 2.40. The van der Waals surface area contributed by atoms with Gasteiger partial charge in [0.1, 0.15) is 0 Å². The Morgan fingerprint density at radius 1 is 1.32 bits per heavy atom. The summed E-state index contributed by atoms with van der Waals surface area (Å²) in [6, 6.07) is -0.154. The van der Waals surface area contributed by atoms with Gasteiger partial charge < -0.3 is 15.3 Å². The monoisotopic (exact) mass is 270 g/mol. The van der Waals surface area contributed by atoms with Gasteiger partial charge in [0.15, 0.2) is 0 Å². The molecule has 0 aromatic carbocycles. The molecule has 1 fully saturated rings. The summed E-state index contributed by atoms with van der Waals surface area (Å²) in [5.74, 6) is 0.503. The number of aliphatic hydroxyl groups is 1. The van der Waals surface area contributed by atoms with Crippen LogP contribution in [0.15, 0.2) is 0 Å². The minimum absolute atomic E-state index is 0.0166. The van der Waals surface area contributed by atoms with Crippen LogP contribution in [0.5, 0.6) is 0 Å². The molecule has 0 spiro atoms. The summed E-state index contributed by atoms with van der Waals surface area (Å²) >= 11 is 0. The molecule has 5 nitrogen and oxygen atoms in total. The molecule has 1 rings (SSSR count). The van der Waals surface area contributed by atoms with E-state index in [1.54, 1.807) is 11.8 Å². The van der Waals surface area contributed by atoms with Crippen LogP contribution in [0.3, 0.4) is 0 Å². The first-order valence-electron chi connectivity index (χ1n) is 7.10. The van der Waals surface area contributed by atoms with Crippen LogP contribution in [0.1, 0.15) is 40.0 Å². The Kier molecular flexibility index (Phi) is 6.28. The van der Waals surface area contributed by atoms with Crippen molar-refractivity contribution in [1.82, 2.24) is 10.2 Å². The van der Waals surface area contributed by atoms with Gasteiger partial charge in [0.2, 0.25) is 11.8 Å². The highest BCUT2D eigenvalue weighted by Crippen LogP contribution is 2.18. The Hall–Kier alpha value is -1.10. The second kappa shape index (κ2) is 7.48. The highest BCUT2D eigenvalue weighted by Gasteiger charge is 2.27. The molecule has 1 unspecified atom stereocenters. The van der Waals surface area contributed by atoms with E-state index in [0.29, 0.717) is 31.8 Å². The molecule has 1 atom stereocenters. The van der Waals surface area contributed by atoms with Crippen LogP contribution in [0.4, 0.5) is 0 Å². The quantitative estimate of drug-likeness (QED) is 0.775. The standard InChI is InChI=1S/C14H26N2O3/c1-10(2)8-13(9-17)15-14(19)12-4-6-16(7-5-12)11(3)18/h10,12-13,17H,4-9H2,1-3H3,(H,15,19). The number of likely N-dealkylation sites (tertiary alicyclic amines) is 1. The van der Waals surface area contributed by atoms with Crippen molar-refractivity contribution >= 4 is 11.8 Å². The highest BCUT2D eigenvalue weighted by atomic mass is 16.3. The summed E-state index contributed by atoms with van der Waals surface area (Å²) in [5.41, 5.74) is 0. The number of nitrogens with one attached hydrogen (secondary N) is 1. The molecule has 1 aliphatic heterocycles. The molecule has 0 aromatic rings. The summed E-state index contributed by atoms with van der Waals surface area (Å²) in [6.07, 6.45) is 2.21. The van der Waals surface area contributed by atoms with Crippen LogP contribution in [0.25, 0.3) is 0 Å². The van der Waals surface area contributed by atoms with Crippen LogP contribution in [0.2, 0.25) is 0 Å². The second-order valence-corrected chi connectivity index (χ2v) is 5.80. The van der Waals surface area contributed by atoms with Gasteiger partial charge in [-0.3, -0.25) is 9.59 Å². The van der Waals surface area contributed by atoms with Gasteiger partial charge in [-0.2, -0.15) is 0 Å². The van der Waals surface area contributed by atoms with E-state index in [0.717, 1.165) is 6.42 Å². The molecule has 2 N–H and O–H groups in total. The molecular weight excluding hydrogens is 244 g/mol. The zero-order valence-corrected chi connectivity index (χ0v) is 12.2. The summed E-state index contributed by atoms with van der Waals surface area (Å²) in [5, 5.41) is 12.2. The van der Waals surface area contributed by atoms with Gasteiger partial charge in [0.25, 0.3) is 0 Å². The predicted octanol–water partition coefficient (Wildman–Crippen LogP) is 0.768. The maximum absolute atomic E-state index is 12.1. The van der Waals surface area contributed by atoms with Gasteiger partial charge in [0.05, 0.1) is 12.6 Å². The van der Waals surface area contributed by atoms with Gasteiger partial charge in [-0.1, -0.05) is 13.8 Å². The molecule has 2 amide bonds. The van der Waals surface area contributed by atoms with Crippen LogP contribution in [0, 0.1) is 11.8 Å². The molecular formula is C14H26N2O3. The first-order chi connectivity index (χ1) is 8.93. The van der Waals surface area contributed by atoms with Crippen molar-refractivity contribution in [1.29, 1.82) is 0 Å². The molecule has 5 heteroatoms. The van der Waals surface area contributed by atoms with Crippen molar-refractivity contribution in [3.63, 3.8) is 0 Å². The molecule has 0 aromatic heterocycles. The summed E-state index contributed by atoms with van der Waals surface area (Å²) < 4.78 is 0. The summed E-state index contributed by atoms with van der Waals surface area (Å²) in [6.45, 7) is 6.99. The average Bonchev–Trinajstić information content (AvgIpc) is 2.37. The lowest BCUT2D eigenvalue weighted by atomic mass is 9.95. The molecule has 0 aliphatic carbocycles. The fourth-order valence-corrected chi connectivity index (χ4v) is 2.52. The third kappa shape index (κ3) is 5.19. The van der Waals surface area contributed by atoms with Gasteiger partial charge in [-0.15, -0.1) is 0 Å². The maximum Gasteiger partial charge on any atom is 0.223 e. The Morgan fingerprint density at radius 2 is 1.89 bits per heavy atom. The van der Waals surface area contributed by atoms with Crippen molar-refractivity contribution in [3.05, 3.63) is 0 Å². The molecule has 19 heavy (non-hydrogen) atoms. The lowest BCUT2D eigenvalue weighted by Gasteiger charge is -2.31. The number of nitrogens with zero attached hydrogens (tertiary/aromatic N) is 1. The van der Waals surface area contributed by atoms with E-state index < -0.39 is 0 Å². The second-order valence-electron chi connectivity index (χ2n) is 5.80. The minimum Gasteiger partial charge on any atom is -0.394 e. The Bertz CT molecular complexity index is 310. The van der Waals surface area contributed by atoms with Crippen LogP contribution >= 0.6 is 0 Å². The van der Waals surface area contributed by atoms with E-state index in [-0.39, 0.29) is 30.4 Å². The predicted molar refractivity (Wildman–Crippen MR) is 73.4 cm³/mol. The SMILES string of the molecule is CC(=O)N1CCC(C(=O)NC(CO)CC(C)C)CC1. The zero-order valence-electron chi connectivity index (χ0n) is 12.2. The number of amides is 2. The molecule has 0 bridgehead atoms. The number of hydrogen-bond donors (Lipinski definition) is 2. The van der Waals surface area contributed by atoms with Crippen molar-refractivity contribution in [2.24, 2.45) is 11.8 Å². The van der Waals surface area contributed by atoms with E-state index in [2.05, 4.69) is 19.2 Å². The number of piperidine rings is 1. The smallest absolute Gasteiger partial charge is 0.223 e. The molecule has 1 heterocycles. The van der Waals surface area contributed by atoms with Crippen molar-refractivity contribution in [2.75, 3.05) is 19.7 Å². The van der Waals surface area contributed by atoms with E-state index in [9.17, 15) is 14.7 Å². The third-order valence-corrected chi connectivity index (χ3v) is 3.63. The third-order valence-electron chi connectivity index (χ3n) is 3.63. The van der Waals surface area contributed by atoms with Gasteiger partial charge in [-0.25, -0.2) is 0 Å². The van der Waals surface area contributed by atoms with Crippen LogP contribution in [-0.4, -0.2) is 47.6 Å². The number of aliphatic hydroxyl groups excluding tert-OH is 1. The van der Waals surface area contributed by atoms with Gasteiger partial charge in [0, 0.05) is 25.9 Å². The van der Waals surface area contributed by atoms with Crippen molar-refractivity contribution in [2.45, 2.75) is 46.1 Å². The fraction of sp³-hybridized carbons (Fsp3) is 0.857. The number of hydrogen-bond acceptors (Lipinski definition) is 3. The van der Waals surface area contributed by atoms with Gasteiger partial charge in [-0.05, 0) is 25.2 Å². The topological polar surface area (TPSA) is 69.6 Å². The first kappa shape index (κ1) is 16.0. The average molecular weight is 270 g/mol. The van der Waals surface area contributed by atoms with Crippen molar-refractivity contribution in [3.8, 4) is 0 Å². The largest absolute Gasteiger partial charge is 0.394 e. The van der Waals surface area contributed by atoms with E-state index >= 15 is 0 Å². The summed E-state index contributed by atoms with van der Waals surface area (Å²) in [7, 11) is 0. The van der Waals surface area contributed by atoms with E-state index in [4.69, 9.17) is 0 Å². The maximum atomic E-state index is 12.1. The van der Waals surface area contributed by atoms with E-state index in [1.165, 1.54) is 0 Å². The lowest BCUT2D eigenvalue weighted by Crippen LogP contribution is -2.46. The van der Waals surface area contributed by atoms with Crippen LogP contribution in [-0.2, 0) is 9.59 Å². The van der Waals surface area contributed by atoms with E-state index in [1.807, 2.05) is 0 Å². The zero-order chi connectivity index (χ0) is 14.4. The normalized spacial score (nSPS) is 18.5. The van der Waals surface area contributed by atoms with Gasteiger partial charge >= 0.3 is 0 Å². The molecule has 1 aliphatic rings. The fourth-order valence-electron chi connectivity index (χ4n) is 2.52. The Labute approximate surface area is 115 Å². The highest BCUT2D eigenvalue weighted by molar-refractivity contribution is 5.79. The molecule has 0 radical (unpaired) electrons. The number of rotatable bonds is 5. The lowest BCUT2D eigenvalue weighted by molar-refractivity contribution is -0.134. The minimum atomic E-state index is -0.154. The molecule has 110 valence electrons.